The van der Waals surface area contributed by atoms with E-state index in [0.29, 0.717) is 12.1 Å². The third-order valence-electron chi connectivity index (χ3n) is 4.54. The molecule has 0 unspecified atom stereocenters. The highest BCUT2D eigenvalue weighted by Gasteiger charge is 2.23. The minimum atomic E-state index is -0.203. The zero-order chi connectivity index (χ0) is 14.4. The summed E-state index contributed by atoms with van der Waals surface area (Å²) in [6.07, 6.45) is 2.31. The van der Waals surface area contributed by atoms with Crippen LogP contribution in [0.3, 0.4) is 0 Å². The van der Waals surface area contributed by atoms with Crippen LogP contribution >= 0.6 is 23.5 Å². The van der Waals surface area contributed by atoms with Crippen LogP contribution in [-0.2, 0) is 0 Å². The largest absolute Gasteiger partial charge is 0.390 e. The van der Waals surface area contributed by atoms with Crippen molar-refractivity contribution in [2.45, 2.75) is 44.9 Å². The molecule has 2 heterocycles. The van der Waals surface area contributed by atoms with E-state index in [1.165, 1.54) is 35.9 Å². The number of rotatable bonds is 4. The first-order valence-electron chi connectivity index (χ1n) is 7.98. The topological polar surface area (TPSA) is 26.7 Å². The molecule has 0 radical (unpaired) electrons. The van der Waals surface area contributed by atoms with E-state index in [9.17, 15) is 5.11 Å². The van der Waals surface area contributed by atoms with Crippen LogP contribution < -0.4 is 0 Å². The molecule has 20 heavy (non-hydrogen) atoms. The molecule has 3 nitrogen and oxygen atoms in total. The number of aliphatic hydroxyl groups excluding tert-OH is 1. The Balaban J connectivity index is 1.79. The van der Waals surface area contributed by atoms with E-state index in [-0.39, 0.29) is 6.10 Å². The van der Waals surface area contributed by atoms with Gasteiger partial charge in [-0.15, -0.1) is 0 Å². The van der Waals surface area contributed by atoms with Gasteiger partial charge in [0.05, 0.1) is 6.10 Å². The minimum absolute atomic E-state index is 0.203. The van der Waals surface area contributed by atoms with Crippen molar-refractivity contribution >= 4 is 23.5 Å². The van der Waals surface area contributed by atoms with Crippen LogP contribution in [0.15, 0.2) is 0 Å². The van der Waals surface area contributed by atoms with E-state index in [0.717, 1.165) is 26.2 Å². The molecular formula is C15H30N2OS2. The lowest BCUT2D eigenvalue weighted by atomic mass is 10.1. The van der Waals surface area contributed by atoms with Gasteiger partial charge in [0.25, 0.3) is 0 Å². The van der Waals surface area contributed by atoms with Gasteiger partial charge in [0, 0.05) is 49.8 Å². The standard InChI is InChI=1S/C15H30N2OS2/c1-13-3-7-19-9-5-16(13)11-15(18)12-17-6-10-20-8-4-14(17)2/h13-15,18H,3-12H2,1-2H3/t13-,14-/m0/s1. The van der Waals surface area contributed by atoms with Crippen molar-refractivity contribution in [3.05, 3.63) is 0 Å². The Labute approximate surface area is 132 Å². The van der Waals surface area contributed by atoms with Gasteiger partial charge in [-0.05, 0) is 38.2 Å². The molecule has 0 aliphatic carbocycles. The van der Waals surface area contributed by atoms with Crippen LogP contribution in [0.5, 0.6) is 0 Å². The molecule has 5 heteroatoms. The zero-order valence-corrected chi connectivity index (χ0v) is 14.6. The number of hydrogen-bond donors (Lipinski definition) is 1. The van der Waals surface area contributed by atoms with Crippen molar-refractivity contribution in [2.24, 2.45) is 0 Å². The second-order valence-electron chi connectivity index (χ2n) is 6.14. The van der Waals surface area contributed by atoms with E-state index < -0.39 is 0 Å². The van der Waals surface area contributed by atoms with E-state index in [2.05, 4.69) is 47.2 Å². The van der Waals surface area contributed by atoms with Crippen LogP contribution in [0.2, 0.25) is 0 Å². The Kier molecular flexibility index (Phi) is 7.53. The normalized spacial score (nSPS) is 31.2. The summed E-state index contributed by atoms with van der Waals surface area (Å²) in [6.45, 7) is 8.58. The predicted molar refractivity (Wildman–Crippen MR) is 92.0 cm³/mol. The van der Waals surface area contributed by atoms with Crippen LogP contribution in [-0.4, -0.2) is 82.3 Å². The summed E-state index contributed by atoms with van der Waals surface area (Å²) in [4.78, 5) is 4.98. The summed E-state index contributed by atoms with van der Waals surface area (Å²) >= 11 is 4.11. The lowest BCUT2D eigenvalue weighted by Crippen LogP contribution is -2.46. The first-order chi connectivity index (χ1) is 9.66. The van der Waals surface area contributed by atoms with Gasteiger partial charge in [-0.2, -0.15) is 23.5 Å². The highest BCUT2D eigenvalue weighted by Crippen LogP contribution is 2.18. The van der Waals surface area contributed by atoms with E-state index >= 15 is 0 Å². The van der Waals surface area contributed by atoms with Crippen molar-refractivity contribution < 1.29 is 5.11 Å². The molecule has 2 atom stereocenters. The number of hydrogen-bond acceptors (Lipinski definition) is 5. The summed E-state index contributed by atoms with van der Waals surface area (Å²) in [6, 6.07) is 1.24. The fourth-order valence-corrected chi connectivity index (χ4v) is 5.17. The maximum Gasteiger partial charge on any atom is 0.0794 e. The van der Waals surface area contributed by atoms with E-state index in [1.807, 2.05) is 0 Å². The molecule has 2 aliphatic heterocycles. The van der Waals surface area contributed by atoms with Crippen molar-refractivity contribution in [3.8, 4) is 0 Å². The molecule has 0 saturated carbocycles. The van der Waals surface area contributed by atoms with Gasteiger partial charge in [0.2, 0.25) is 0 Å². The SMILES string of the molecule is C[C@H]1CCSCCN1CC(O)CN1CCSCC[C@@H]1C. The van der Waals surface area contributed by atoms with E-state index in [1.54, 1.807) is 0 Å². The number of nitrogens with zero attached hydrogens (tertiary/aromatic N) is 2. The molecule has 0 aromatic heterocycles. The van der Waals surface area contributed by atoms with Crippen molar-refractivity contribution in [3.63, 3.8) is 0 Å². The van der Waals surface area contributed by atoms with E-state index in [4.69, 9.17) is 0 Å². The second-order valence-corrected chi connectivity index (χ2v) is 8.59. The first kappa shape index (κ1) is 16.9. The Hall–Kier alpha value is 0.580. The lowest BCUT2D eigenvalue weighted by molar-refractivity contribution is 0.0536. The van der Waals surface area contributed by atoms with Gasteiger partial charge >= 0.3 is 0 Å². The van der Waals surface area contributed by atoms with Gasteiger partial charge in [0.15, 0.2) is 0 Å². The molecule has 118 valence electrons. The third kappa shape index (κ3) is 5.41. The average molecular weight is 319 g/mol. The number of β-amino-alcohol motifs (C(OH)–C–C–N with tert-alkyl or cyclic N) is 1. The minimum Gasteiger partial charge on any atom is -0.390 e. The van der Waals surface area contributed by atoms with Gasteiger partial charge in [-0.25, -0.2) is 0 Å². The van der Waals surface area contributed by atoms with Gasteiger partial charge in [-0.3, -0.25) is 9.80 Å². The average Bonchev–Trinajstić information content (AvgIpc) is 2.73. The molecule has 2 rings (SSSR count). The Morgan fingerprint density at radius 1 is 0.900 bits per heavy atom. The molecule has 2 fully saturated rings. The van der Waals surface area contributed by atoms with Gasteiger partial charge in [0.1, 0.15) is 0 Å². The maximum atomic E-state index is 10.5. The van der Waals surface area contributed by atoms with Gasteiger partial charge < -0.3 is 5.11 Å². The summed E-state index contributed by atoms with van der Waals surface area (Å²) < 4.78 is 0. The van der Waals surface area contributed by atoms with Crippen molar-refractivity contribution in [1.29, 1.82) is 0 Å². The molecule has 0 spiro atoms. The molecule has 2 saturated heterocycles. The first-order valence-corrected chi connectivity index (χ1v) is 10.3. The van der Waals surface area contributed by atoms with Crippen LogP contribution in [0.25, 0.3) is 0 Å². The Bertz CT molecular complexity index is 255. The smallest absolute Gasteiger partial charge is 0.0794 e. The van der Waals surface area contributed by atoms with Crippen LogP contribution in [0.4, 0.5) is 0 Å². The third-order valence-corrected chi connectivity index (χ3v) is 6.53. The predicted octanol–water partition coefficient (Wildman–Crippen LogP) is 2.00. The molecule has 2 aliphatic rings. The van der Waals surface area contributed by atoms with Gasteiger partial charge in [-0.1, -0.05) is 0 Å². The molecule has 0 amide bonds. The molecule has 0 bridgehead atoms. The fourth-order valence-electron chi connectivity index (χ4n) is 3.02. The molecular weight excluding hydrogens is 288 g/mol. The number of aliphatic hydroxyl groups is 1. The lowest BCUT2D eigenvalue weighted by Gasteiger charge is -2.33. The molecule has 1 N–H and O–H groups in total. The fraction of sp³-hybridized carbons (Fsp3) is 1.00. The molecule has 0 aromatic carbocycles. The number of thioether (sulfide) groups is 2. The maximum absolute atomic E-state index is 10.5. The highest BCUT2D eigenvalue weighted by molar-refractivity contribution is 7.99. The Morgan fingerprint density at radius 2 is 1.35 bits per heavy atom. The van der Waals surface area contributed by atoms with Crippen molar-refractivity contribution in [2.75, 3.05) is 49.2 Å². The highest BCUT2D eigenvalue weighted by atomic mass is 32.2. The molecule has 0 aromatic rings. The summed E-state index contributed by atoms with van der Waals surface area (Å²) in [5.41, 5.74) is 0. The van der Waals surface area contributed by atoms with Crippen molar-refractivity contribution in [1.82, 2.24) is 9.80 Å². The zero-order valence-electron chi connectivity index (χ0n) is 13.0. The van der Waals surface area contributed by atoms with Crippen LogP contribution in [0, 0.1) is 0 Å². The summed E-state index contributed by atoms with van der Waals surface area (Å²) in [7, 11) is 0. The summed E-state index contributed by atoms with van der Waals surface area (Å²) in [5.74, 6) is 4.98. The monoisotopic (exact) mass is 318 g/mol. The summed E-state index contributed by atoms with van der Waals surface area (Å²) in [5, 5.41) is 10.5. The second kappa shape index (κ2) is 8.89. The quantitative estimate of drug-likeness (QED) is 0.855. The Morgan fingerprint density at radius 3 is 1.80 bits per heavy atom. The van der Waals surface area contributed by atoms with Crippen LogP contribution in [0.1, 0.15) is 26.7 Å².